The van der Waals surface area contributed by atoms with Crippen LogP contribution in [-0.2, 0) is 20.5 Å². The summed E-state index contributed by atoms with van der Waals surface area (Å²) in [6.45, 7) is 9.79. The Morgan fingerprint density at radius 2 is 1.92 bits per heavy atom. The topological polar surface area (TPSA) is 35.5 Å². The highest BCUT2D eigenvalue weighted by atomic mass is 32.2. The average molecular weight is 356 g/mol. The van der Waals surface area contributed by atoms with E-state index in [1.54, 1.807) is 6.92 Å². The molecule has 1 aromatic rings. The number of allylic oxidation sites excluding steroid dienone is 1. The lowest BCUT2D eigenvalue weighted by Crippen LogP contribution is -2.41. The first-order valence-electron chi connectivity index (χ1n) is 8.67. The van der Waals surface area contributed by atoms with Crippen molar-refractivity contribution in [3.8, 4) is 0 Å². The molecule has 1 fully saturated rings. The highest BCUT2D eigenvalue weighted by Crippen LogP contribution is 2.39. The predicted octanol–water partition coefficient (Wildman–Crippen LogP) is 4.55. The Labute approximate surface area is 155 Å². The van der Waals surface area contributed by atoms with E-state index in [1.165, 1.54) is 28.5 Å². The molecule has 1 aliphatic heterocycles. The highest BCUT2D eigenvalue weighted by molar-refractivity contribution is 8.13. The molecule has 132 valence electrons. The Morgan fingerprint density at radius 1 is 1.24 bits per heavy atom. The SMILES string of the molecule is CC(=O)SCC(=Cc1cccc2c1CC=C2)B1OC(C)(C)C(C)(C)O1. The molecule has 5 heteroatoms. The summed E-state index contributed by atoms with van der Waals surface area (Å²) in [5, 5.41) is 0.0994. The molecule has 0 bridgehead atoms. The summed E-state index contributed by atoms with van der Waals surface area (Å²) in [5.74, 6) is 0.573. The molecule has 0 unspecified atom stereocenters. The fourth-order valence-corrected chi connectivity index (χ4v) is 3.60. The van der Waals surface area contributed by atoms with Crippen molar-refractivity contribution >= 4 is 36.1 Å². The number of rotatable bonds is 4. The predicted molar refractivity (Wildman–Crippen MR) is 106 cm³/mol. The average Bonchev–Trinajstić information content (AvgIpc) is 3.06. The number of hydrogen-bond donors (Lipinski definition) is 0. The van der Waals surface area contributed by atoms with Gasteiger partial charge in [-0.1, -0.05) is 48.2 Å². The molecule has 0 amide bonds. The van der Waals surface area contributed by atoms with Crippen molar-refractivity contribution in [2.75, 3.05) is 5.75 Å². The van der Waals surface area contributed by atoms with Gasteiger partial charge in [0.1, 0.15) is 0 Å². The van der Waals surface area contributed by atoms with Gasteiger partial charge in [-0.15, -0.1) is 0 Å². The van der Waals surface area contributed by atoms with Gasteiger partial charge in [0.15, 0.2) is 5.12 Å². The Balaban J connectivity index is 1.94. The lowest BCUT2D eigenvalue weighted by atomic mass is 9.78. The maximum atomic E-state index is 11.5. The van der Waals surface area contributed by atoms with E-state index >= 15 is 0 Å². The maximum absolute atomic E-state index is 11.5. The molecule has 0 aromatic heterocycles. The van der Waals surface area contributed by atoms with Crippen molar-refractivity contribution < 1.29 is 14.1 Å². The van der Waals surface area contributed by atoms with Gasteiger partial charge in [0.05, 0.1) is 11.2 Å². The minimum absolute atomic E-state index is 0.0994. The highest BCUT2D eigenvalue weighted by Gasteiger charge is 2.52. The first-order valence-corrected chi connectivity index (χ1v) is 9.66. The quantitative estimate of drug-likeness (QED) is 0.742. The van der Waals surface area contributed by atoms with Gasteiger partial charge >= 0.3 is 7.12 Å². The number of carbonyl (C=O) groups is 1. The van der Waals surface area contributed by atoms with E-state index in [4.69, 9.17) is 9.31 Å². The summed E-state index contributed by atoms with van der Waals surface area (Å²) in [6.07, 6.45) is 7.43. The number of fused-ring (bicyclic) bond motifs is 1. The van der Waals surface area contributed by atoms with Crippen molar-refractivity contribution in [2.24, 2.45) is 0 Å². The molecule has 3 rings (SSSR count). The minimum Gasteiger partial charge on any atom is -0.400 e. The third-order valence-corrected chi connectivity index (χ3v) is 6.09. The molecule has 25 heavy (non-hydrogen) atoms. The lowest BCUT2D eigenvalue weighted by molar-refractivity contribution is -0.109. The van der Waals surface area contributed by atoms with Crippen LogP contribution in [0, 0.1) is 0 Å². The van der Waals surface area contributed by atoms with Crippen LogP contribution < -0.4 is 0 Å². The lowest BCUT2D eigenvalue weighted by Gasteiger charge is -2.32. The van der Waals surface area contributed by atoms with E-state index in [-0.39, 0.29) is 5.12 Å². The molecule has 1 aliphatic carbocycles. The fraction of sp³-hybridized carbons (Fsp3) is 0.450. The maximum Gasteiger partial charge on any atom is 0.491 e. The van der Waals surface area contributed by atoms with Crippen molar-refractivity contribution in [2.45, 2.75) is 52.2 Å². The van der Waals surface area contributed by atoms with Crippen LogP contribution >= 0.6 is 11.8 Å². The molecule has 0 radical (unpaired) electrons. The molecule has 0 spiro atoms. The largest absolute Gasteiger partial charge is 0.491 e. The fourth-order valence-electron chi connectivity index (χ4n) is 3.01. The third kappa shape index (κ3) is 3.79. The summed E-state index contributed by atoms with van der Waals surface area (Å²) in [5.41, 5.74) is 3.98. The molecule has 1 aromatic carbocycles. The molecule has 3 nitrogen and oxygen atoms in total. The minimum atomic E-state index is -0.429. The number of hydrogen-bond acceptors (Lipinski definition) is 4. The van der Waals surface area contributed by atoms with Gasteiger partial charge in [-0.3, -0.25) is 4.79 Å². The van der Waals surface area contributed by atoms with Gasteiger partial charge < -0.3 is 9.31 Å². The van der Waals surface area contributed by atoms with E-state index in [9.17, 15) is 4.79 Å². The van der Waals surface area contributed by atoms with Crippen LogP contribution in [0.15, 0.2) is 29.7 Å². The van der Waals surface area contributed by atoms with Gasteiger partial charge in [-0.25, -0.2) is 0 Å². The van der Waals surface area contributed by atoms with Crippen LogP contribution in [0.1, 0.15) is 51.3 Å². The van der Waals surface area contributed by atoms with Gasteiger partial charge in [0, 0.05) is 12.7 Å². The molecule has 0 atom stereocenters. The van der Waals surface area contributed by atoms with Crippen LogP contribution in [0.5, 0.6) is 0 Å². The summed E-state index contributed by atoms with van der Waals surface area (Å²) in [7, 11) is -0.429. The van der Waals surface area contributed by atoms with Crippen LogP contribution in [0.2, 0.25) is 0 Å². The van der Waals surface area contributed by atoms with Crippen LogP contribution in [0.3, 0.4) is 0 Å². The molecule has 2 aliphatic rings. The molecule has 0 N–H and O–H groups in total. The summed E-state index contributed by atoms with van der Waals surface area (Å²) in [4.78, 5) is 11.5. The molecule has 1 saturated heterocycles. The van der Waals surface area contributed by atoms with Gasteiger partial charge in [0.2, 0.25) is 0 Å². The van der Waals surface area contributed by atoms with E-state index < -0.39 is 18.3 Å². The van der Waals surface area contributed by atoms with Crippen LogP contribution in [0.25, 0.3) is 12.2 Å². The van der Waals surface area contributed by atoms with E-state index in [1.807, 2.05) is 27.7 Å². The third-order valence-electron chi connectivity index (χ3n) is 5.21. The molecular weight excluding hydrogens is 331 g/mol. The Morgan fingerprint density at radius 3 is 2.56 bits per heavy atom. The summed E-state index contributed by atoms with van der Waals surface area (Å²) < 4.78 is 12.4. The Bertz CT molecular complexity index is 733. The van der Waals surface area contributed by atoms with Crippen LogP contribution in [-0.4, -0.2) is 29.2 Å². The number of benzene rings is 1. The van der Waals surface area contributed by atoms with Gasteiger partial charge in [0.25, 0.3) is 0 Å². The summed E-state index contributed by atoms with van der Waals surface area (Å²) >= 11 is 1.30. The van der Waals surface area contributed by atoms with Crippen LogP contribution in [0.4, 0.5) is 0 Å². The Hall–Kier alpha value is -1.30. The first kappa shape index (κ1) is 18.5. The number of thioether (sulfide) groups is 1. The molecule has 1 heterocycles. The van der Waals surface area contributed by atoms with Gasteiger partial charge in [-0.2, -0.15) is 0 Å². The van der Waals surface area contributed by atoms with E-state index in [0.717, 1.165) is 11.9 Å². The van der Waals surface area contributed by atoms with E-state index in [0.29, 0.717) is 5.75 Å². The van der Waals surface area contributed by atoms with Crippen molar-refractivity contribution in [3.05, 3.63) is 46.4 Å². The second-order valence-corrected chi connectivity index (χ2v) is 8.76. The second kappa shape index (κ2) is 6.78. The standard InChI is InChI=1S/C20H25BO3S/c1-14(22)25-13-17(21-23-19(2,3)20(4,5)24-21)12-16-10-6-8-15-9-7-11-18(15)16/h6-10,12H,11,13H2,1-5H3. The van der Waals surface area contributed by atoms with E-state index in [2.05, 4.69) is 36.4 Å². The molecule has 0 saturated carbocycles. The first-order chi connectivity index (χ1) is 11.7. The monoisotopic (exact) mass is 356 g/mol. The second-order valence-electron chi connectivity index (χ2n) is 7.61. The van der Waals surface area contributed by atoms with Crippen molar-refractivity contribution in [1.29, 1.82) is 0 Å². The smallest absolute Gasteiger partial charge is 0.400 e. The number of carbonyl (C=O) groups excluding carboxylic acids is 1. The zero-order valence-corrected chi connectivity index (χ0v) is 16.4. The summed E-state index contributed by atoms with van der Waals surface area (Å²) in [6, 6.07) is 6.32. The zero-order valence-electron chi connectivity index (χ0n) is 15.6. The Kier molecular flexibility index (Phi) is 5.02. The van der Waals surface area contributed by atoms with Gasteiger partial charge in [-0.05, 0) is 56.3 Å². The molecular formula is C20H25BO3S. The zero-order chi connectivity index (χ0) is 18.2. The normalized spacial score (nSPS) is 20.8. The van der Waals surface area contributed by atoms with Crippen molar-refractivity contribution in [1.82, 2.24) is 0 Å². The van der Waals surface area contributed by atoms with Crippen molar-refractivity contribution in [3.63, 3.8) is 0 Å².